The minimum absolute atomic E-state index is 0.0161. The van der Waals surface area contributed by atoms with Gasteiger partial charge in [-0.3, -0.25) is 19.3 Å². The molecule has 2 heterocycles. The molecule has 1 aliphatic rings. The molecule has 2 rings (SSSR count). The summed E-state index contributed by atoms with van der Waals surface area (Å²) in [6.45, 7) is 5.55. The zero-order valence-electron chi connectivity index (χ0n) is 15.1. The first-order chi connectivity index (χ1) is 11.9. The van der Waals surface area contributed by atoms with Gasteiger partial charge in [0.1, 0.15) is 6.54 Å². The highest BCUT2D eigenvalue weighted by Gasteiger charge is 2.33. The molecule has 0 aromatic carbocycles. The molecule has 0 bridgehead atoms. The minimum atomic E-state index is -0.293. The Balaban J connectivity index is 1.98. The molecule has 25 heavy (non-hydrogen) atoms. The van der Waals surface area contributed by atoms with Gasteiger partial charge in [-0.05, 0) is 25.3 Å². The molecular formula is C17H27N5O3. The number of aryl methyl sites for hydroxylation is 1. The van der Waals surface area contributed by atoms with E-state index in [0.29, 0.717) is 24.7 Å². The van der Waals surface area contributed by atoms with E-state index in [1.165, 1.54) is 10.7 Å². The Kier molecular flexibility index (Phi) is 6.69. The third-order valence-corrected chi connectivity index (χ3v) is 4.46. The van der Waals surface area contributed by atoms with Crippen LogP contribution in [0.15, 0.2) is 16.9 Å². The maximum absolute atomic E-state index is 12.4. The van der Waals surface area contributed by atoms with Crippen molar-refractivity contribution >= 4 is 11.8 Å². The van der Waals surface area contributed by atoms with Gasteiger partial charge in [0.15, 0.2) is 0 Å². The SMILES string of the molecule is CCC[C@@H]1CN(CC(=O)NC)C[C@H]1NC(=O)Cn1nc(C)ccc1=O. The molecule has 2 amide bonds. The van der Waals surface area contributed by atoms with Crippen molar-refractivity contribution in [2.24, 2.45) is 5.92 Å². The largest absolute Gasteiger partial charge is 0.358 e. The van der Waals surface area contributed by atoms with Gasteiger partial charge in [-0.25, -0.2) is 4.68 Å². The number of hydrogen-bond acceptors (Lipinski definition) is 5. The van der Waals surface area contributed by atoms with E-state index in [2.05, 4.69) is 27.6 Å². The number of carbonyl (C=O) groups is 2. The predicted octanol–water partition coefficient (Wildman–Crippen LogP) is -0.486. The first-order valence-corrected chi connectivity index (χ1v) is 8.70. The summed E-state index contributed by atoms with van der Waals surface area (Å²) >= 11 is 0. The van der Waals surface area contributed by atoms with Gasteiger partial charge in [0, 0.05) is 32.2 Å². The lowest BCUT2D eigenvalue weighted by Gasteiger charge is -2.19. The molecule has 0 spiro atoms. The Labute approximate surface area is 147 Å². The van der Waals surface area contributed by atoms with E-state index in [4.69, 9.17) is 0 Å². The Morgan fingerprint density at radius 3 is 2.68 bits per heavy atom. The summed E-state index contributed by atoms with van der Waals surface area (Å²) in [5.41, 5.74) is 0.396. The van der Waals surface area contributed by atoms with E-state index in [1.54, 1.807) is 20.0 Å². The standard InChI is InChI=1S/C17H27N5O3/c1-4-5-13-8-21(10-15(23)18-3)9-14(13)19-16(24)11-22-17(25)7-6-12(2)20-22/h6-7,13-14H,4-5,8-11H2,1-3H3,(H,18,23)(H,19,24)/t13-,14-/m1/s1. The lowest BCUT2D eigenvalue weighted by molar-refractivity contribution is -0.122. The van der Waals surface area contributed by atoms with Crippen LogP contribution in [0.3, 0.4) is 0 Å². The highest BCUT2D eigenvalue weighted by Crippen LogP contribution is 2.21. The Hall–Kier alpha value is -2.22. The minimum Gasteiger partial charge on any atom is -0.358 e. The molecule has 138 valence electrons. The van der Waals surface area contributed by atoms with E-state index < -0.39 is 0 Å². The van der Waals surface area contributed by atoms with Crippen LogP contribution >= 0.6 is 0 Å². The summed E-state index contributed by atoms with van der Waals surface area (Å²) in [7, 11) is 1.62. The molecule has 8 heteroatoms. The number of amides is 2. The molecule has 0 unspecified atom stereocenters. The number of nitrogens with zero attached hydrogens (tertiary/aromatic N) is 3. The van der Waals surface area contributed by atoms with Crippen LogP contribution in [0.1, 0.15) is 25.5 Å². The number of carbonyl (C=O) groups excluding carboxylic acids is 2. The van der Waals surface area contributed by atoms with Crippen LogP contribution in [0.5, 0.6) is 0 Å². The summed E-state index contributed by atoms with van der Waals surface area (Å²) < 4.78 is 1.18. The van der Waals surface area contributed by atoms with E-state index in [1.807, 2.05) is 0 Å². The molecule has 0 aliphatic carbocycles. The molecule has 1 aromatic heterocycles. The molecule has 0 saturated carbocycles. The van der Waals surface area contributed by atoms with Crippen LogP contribution in [0.4, 0.5) is 0 Å². The molecule has 2 N–H and O–H groups in total. The van der Waals surface area contributed by atoms with Crippen LogP contribution < -0.4 is 16.2 Å². The quantitative estimate of drug-likeness (QED) is 0.693. The zero-order valence-corrected chi connectivity index (χ0v) is 15.1. The first-order valence-electron chi connectivity index (χ1n) is 8.70. The first kappa shape index (κ1) is 19.1. The number of likely N-dealkylation sites (N-methyl/N-ethyl adjacent to an activating group) is 1. The molecule has 1 aromatic rings. The van der Waals surface area contributed by atoms with Crippen LogP contribution in [0.25, 0.3) is 0 Å². The van der Waals surface area contributed by atoms with Gasteiger partial charge in [0.25, 0.3) is 5.56 Å². The van der Waals surface area contributed by atoms with Crippen molar-refractivity contribution in [2.75, 3.05) is 26.7 Å². The van der Waals surface area contributed by atoms with Crippen molar-refractivity contribution < 1.29 is 9.59 Å². The van der Waals surface area contributed by atoms with Crippen molar-refractivity contribution in [1.29, 1.82) is 0 Å². The number of likely N-dealkylation sites (tertiary alicyclic amines) is 1. The molecule has 2 atom stereocenters. The topological polar surface area (TPSA) is 96.3 Å². The van der Waals surface area contributed by atoms with Crippen LogP contribution in [0, 0.1) is 12.8 Å². The van der Waals surface area contributed by atoms with Crippen molar-refractivity contribution in [3.63, 3.8) is 0 Å². The van der Waals surface area contributed by atoms with Gasteiger partial charge in [-0.1, -0.05) is 13.3 Å². The third-order valence-electron chi connectivity index (χ3n) is 4.46. The van der Waals surface area contributed by atoms with Crippen molar-refractivity contribution in [2.45, 2.75) is 39.3 Å². The summed E-state index contributed by atoms with van der Waals surface area (Å²) in [5, 5.41) is 9.73. The number of rotatable bonds is 7. The zero-order chi connectivity index (χ0) is 18.4. The summed E-state index contributed by atoms with van der Waals surface area (Å²) in [4.78, 5) is 37.8. The predicted molar refractivity (Wildman–Crippen MR) is 94.1 cm³/mol. The van der Waals surface area contributed by atoms with Crippen molar-refractivity contribution in [3.8, 4) is 0 Å². The molecule has 8 nitrogen and oxygen atoms in total. The summed E-state index contributed by atoms with van der Waals surface area (Å²) in [5.74, 6) is 0.0478. The lowest BCUT2D eigenvalue weighted by atomic mass is 9.98. The number of nitrogens with one attached hydrogen (secondary N) is 2. The maximum Gasteiger partial charge on any atom is 0.267 e. The number of aromatic nitrogens is 2. The molecular weight excluding hydrogens is 322 g/mol. The summed E-state index contributed by atoms with van der Waals surface area (Å²) in [6.07, 6.45) is 2.00. The average molecular weight is 349 g/mol. The van der Waals surface area contributed by atoms with E-state index in [9.17, 15) is 14.4 Å². The van der Waals surface area contributed by atoms with Gasteiger partial charge in [-0.2, -0.15) is 5.10 Å². The van der Waals surface area contributed by atoms with Crippen LogP contribution in [0.2, 0.25) is 0 Å². The highest BCUT2D eigenvalue weighted by molar-refractivity contribution is 5.78. The molecule has 0 radical (unpaired) electrons. The van der Waals surface area contributed by atoms with Crippen LogP contribution in [-0.4, -0.2) is 59.2 Å². The monoisotopic (exact) mass is 349 g/mol. The van der Waals surface area contributed by atoms with Crippen LogP contribution in [-0.2, 0) is 16.1 Å². The highest BCUT2D eigenvalue weighted by atomic mass is 16.2. The average Bonchev–Trinajstić information content (AvgIpc) is 2.92. The second kappa shape index (κ2) is 8.75. The van der Waals surface area contributed by atoms with Gasteiger partial charge in [0.05, 0.1) is 12.2 Å². The fourth-order valence-corrected chi connectivity index (χ4v) is 3.25. The maximum atomic E-state index is 12.4. The molecule has 1 fully saturated rings. The number of hydrogen-bond donors (Lipinski definition) is 2. The Morgan fingerprint density at radius 2 is 2.00 bits per heavy atom. The van der Waals surface area contributed by atoms with Crippen molar-refractivity contribution in [1.82, 2.24) is 25.3 Å². The fraction of sp³-hybridized carbons (Fsp3) is 0.647. The second-order valence-corrected chi connectivity index (χ2v) is 6.56. The smallest absolute Gasteiger partial charge is 0.267 e. The van der Waals surface area contributed by atoms with E-state index in [0.717, 1.165) is 19.4 Å². The Bertz CT molecular complexity index is 672. The van der Waals surface area contributed by atoms with Gasteiger partial charge in [-0.15, -0.1) is 0 Å². The summed E-state index contributed by atoms with van der Waals surface area (Å²) in [6, 6.07) is 3.02. The van der Waals surface area contributed by atoms with Gasteiger partial charge in [0.2, 0.25) is 11.8 Å². The van der Waals surface area contributed by atoms with Crippen molar-refractivity contribution in [3.05, 3.63) is 28.2 Å². The normalized spacial score (nSPS) is 20.4. The van der Waals surface area contributed by atoms with E-state index >= 15 is 0 Å². The Morgan fingerprint density at radius 1 is 1.24 bits per heavy atom. The lowest BCUT2D eigenvalue weighted by Crippen LogP contribution is -2.44. The molecule has 1 saturated heterocycles. The van der Waals surface area contributed by atoms with Gasteiger partial charge >= 0.3 is 0 Å². The molecule has 1 aliphatic heterocycles. The fourth-order valence-electron chi connectivity index (χ4n) is 3.25. The van der Waals surface area contributed by atoms with Gasteiger partial charge < -0.3 is 10.6 Å². The second-order valence-electron chi connectivity index (χ2n) is 6.56. The van der Waals surface area contributed by atoms with E-state index in [-0.39, 0.29) is 30.0 Å². The third kappa shape index (κ3) is 5.38.